The second-order valence-corrected chi connectivity index (χ2v) is 10.2. The molecule has 6 aromatic rings. The van der Waals surface area contributed by atoms with E-state index in [0.29, 0.717) is 0 Å². The molecule has 0 atom stereocenters. The molecule has 0 bridgehead atoms. The van der Waals surface area contributed by atoms with Gasteiger partial charge in [-0.25, -0.2) is 0 Å². The normalized spacial score (nSPS) is 11.6. The standard InChI is InChI=1S/C41H33N/c1-3-12-31(13-4-2)33-22-26-38(27-23-33)42(41-21-11-17-35-16-8-9-20-40(35)41)39-28-24-34(25-29-39)37-19-10-18-36(30-37)32-14-6-5-7-15-32/h3-30H,1H2,2H3/b13-4-,31-12+. The summed E-state index contributed by atoms with van der Waals surface area (Å²) in [5, 5.41) is 2.43. The molecule has 0 heterocycles. The molecule has 0 aliphatic carbocycles. The van der Waals surface area contributed by atoms with Crippen molar-refractivity contribution in [1.29, 1.82) is 0 Å². The van der Waals surface area contributed by atoms with Gasteiger partial charge in [-0.05, 0) is 82.1 Å². The van der Waals surface area contributed by atoms with E-state index in [4.69, 9.17) is 0 Å². The molecule has 1 nitrogen and oxygen atoms in total. The zero-order valence-electron chi connectivity index (χ0n) is 23.8. The SMILES string of the molecule is C=C/C=C(\C=C/C)c1ccc(N(c2ccc(-c3cccc(-c4ccccc4)c3)cc2)c2cccc3ccccc23)cc1. The van der Waals surface area contributed by atoms with Crippen LogP contribution in [0.2, 0.25) is 0 Å². The van der Waals surface area contributed by atoms with E-state index in [-0.39, 0.29) is 0 Å². The van der Waals surface area contributed by atoms with Crippen molar-refractivity contribution >= 4 is 33.4 Å². The fourth-order valence-electron chi connectivity index (χ4n) is 5.50. The monoisotopic (exact) mass is 539 g/mol. The highest BCUT2D eigenvalue weighted by atomic mass is 15.1. The summed E-state index contributed by atoms with van der Waals surface area (Å²) in [6.45, 7) is 5.93. The minimum atomic E-state index is 1.10. The van der Waals surface area contributed by atoms with Crippen LogP contribution in [0.5, 0.6) is 0 Å². The van der Waals surface area contributed by atoms with Crippen molar-refractivity contribution in [3.63, 3.8) is 0 Å². The number of hydrogen-bond donors (Lipinski definition) is 0. The zero-order valence-corrected chi connectivity index (χ0v) is 23.8. The second-order valence-electron chi connectivity index (χ2n) is 10.2. The van der Waals surface area contributed by atoms with Gasteiger partial charge in [0.2, 0.25) is 0 Å². The second kappa shape index (κ2) is 12.4. The van der Waals surface area contributed by atoms with Crippen LogP contribution in [0.4, 0.5) is 17.1 Å². The van der Waals surface area contributed by atoms with E-state index in [1.807, 2.05) is 19.1 Å². The average Bonchev–Trinajstić information content (AvgIpc) is 3.06. The summed E-state index contributed by atoms with van der Waals surface area (Å²) in [5.41, 5.74) is 10.5. The minimum absolute atomic E-state index is 1.10. The van der Waals surface area contributed by atoms with Gasteiger partial charge in [0, 0.05) is 16.8 Å². The molecule has 0 aliphatic rings. The average molecular weight is 540 g/mol. The highest BCUT2D eigenvalue weighted by Crippen LogP contribution is 2.40. The fraction of sp³-hybridized carbons (Fsp3) is 0.0244. The van der Waals surface area contributed by atoms with Crippen LogP contribution in [-0.2, 0) is 0 Å². The Bertz CT molecular complexity index is 1870. The molecule has 202 valence electrons. The molecule has 0 N–H and O–H groups in total. The van der Waals surface area contributed by atoms with Crippen molar-refractivity contribution in [3.05, 3.63) is 182 Å². The summed E-state index contributed by atoms with van der Waals surface area (Å²) in [6.07, 6.45) is 8.05. The molecular weight excluding hydrogens is 506 g/mol. The Hall–Kier alpha value is -5.40. The Morgan fingerprint density at radius 2 is 1.14 bits per heavy atom. The third-order valence-corrected chi connectivity index (χ3v) is 7.54. The smallest absolute Gasteiger partial charge is 0.0540 e. The Morgan fingerprint density at radius 3 is 1.83 bits per heavy atom. The predicted molar refractivity (Wildman–Crippen MR) is 182 cm³/mol. The largest absolute Gasteiger partial charge is 0.310 e. The van der Waals surface area contributed by atoms with Crippen LogP contribution >= 0.6 is 0 Å². The Labute approximate surface area is 249 Å². The maximum absolute atomic E-state index is 3.89. The van der Waals surface area contributed by atoms with Crippen LogP contribution in [0.3, 0.4) is 0 Å². The molecule has 0 spiro atoms. The molecule has 42 heavy (non-hydrogen) atoms. The predicted octanol–water partition coefficient (Wildman–Crippen LogP) is 11.8. The molecule has 0 amide bonds. The fourth-order valence-corrected chi connectivity index (χ4v) is 5.50. The number of anilines is 3. The van der Waals surface area contributed by atoms with Gasteiger partial charge in [0.05, 0.1) is 5.69 Å². The number of allylic oxidation sites excluding steroid dienone is 5. The van der Waals surface area contributed by atoms with E-state index < -0.39 is 0 Å². The first kappa shape index (κ1) is 26.8. The highest BCUT2D eigenvalue weighted by molar-refractivity contribution is 5.99. The van der Waals surface area contributed by atoms with Crippen molar-refractivity contribution in [2.24, 2.45) is 0 Å². The van der Waals surface area contributed by atoms with Crippen molar-refractivity contribution in [3.8, 4) is 22.3 Å². The molecule has 0 radical (unpaired) electrons. The minimum Gasteiger partial charge on any atom is -0.310 e. The number of rotatable bonds is 8. The van der Waals surface area contributed by atoms with Crippen molar-refractivity contribution in [2.45, 2.75) is 6.92 Å². The van der Waals surface area contributed by atoms with Crippen LogP contribution in [0.15, 0.2) is 176 Å². The summed E-state index contributed by atoms with van der Waals surface area (Å²) in [6, 6.07) is 52.1. The van der Waals surface area contributed by atoms with Gasteiger partial charge in [-0.15, -0.1) is 0 Å². The molecular formula is C41H33N. The molecule has 0 aliphatic heterocycles. The Morgan fingerprint density at radius 1 is 0.571 bits per heavy atom. The summed E-state index contributed by atoms with van der Waals surface area (Å²) >= 11 is 0. The lowest BCUT2D eigenvalue weighted by Gasteiger charge is -2.27. The lowest BCUT2D eigenvalue weighted by atomic mass is 9.98. The summed E-state index contributed by atoms with van der Waals surface area (Å²) in [7, 11) is 0. The van der Waals surface area contributed by atoms with Gasteiger partial charge >= 0.3 is 0 Å². The zero-order chi connectivity index (χ0) is 28.7. The van der Waals surface area contributed by atoms with Crippen LogP contribution in [0.1, 0.15) is 12.5 Å². The molecule has 0 saturated heterocycles. The Balaban J connectivity index is 1.42. The molecule has 0 unspecified atom stereocenters. The number of fused-ring (bicyclic) bond motifs is 1. The molecule has 0 aromatic heterocycles. The first-order valence-corrected chi connectivity index (χ1v) is 14.3. The van der Waals surface area contributed by atoms with Crippen LogP contribution in [0, 0.1) is 0 Å². The third kappa shape index (κ3) is 5.59. The van der Waals surface area contributed by atoms with Gasteiger partial charge in [0.15, 0.2) is 0 Å². The van der Waals surface area contributed by atoms with Crippen LogP contribution < -0.4 is 4.90 Å². The van der Waals surface area contributed by atoms with Crippen LogP contribution in [0.25, 0.3) is 38.6 Å². The van der Waals surface area contributed by atoms with Gasteiger partial charge in [-0.3, -0.25) is 0 Å². The number of benzene rings is 6. The molecule has 0 saturated carbocycles. The summed E-state index contributed by atoms with van der Waals surface area (Å²) in [4.78, 5) is 2.35. The first-order valence-electron chi connectivity index (χ1n) is 14.3. The van der Waals surface area contributed by atoms with E-state index in [1.54, 1.807) is 0 Å². The van der Waals surface area contributed by atoms with Gasteiger partial charge in [0.1, 0.15) is 0 Å². The topological polar surface area (TPSA) is 3.24 Å². The number of hydrogen-bond acceptors (Lipinski definition) is 1. The van der Waals surface area contributed by atoms with Gasteiger partial charge < -0.3 is 4.90 Å². The summed E-state index contributed by atoms with van der Waals surface area (Å²) in [5.74, 6) is 0. The van der Waals surface area contributed by atoms with E-state index in [9.17, 15) is 0 Å². The molecule has 0 fully saturated rings. The van der Waals surface area contributed by atoms with E-state index in [1.165, 1.54) is 33.0 Å². The quantitative estimate of drug-likeness (QED) is 0.174. The van der Waals surface area contributed by atoms with Gasteiger partial charge in [-0.1, -0.05) is 140 Å². The van der Waals surface area contributed by atoms with E-state index in [0.717, 1.165) is 28.2 Å². The molecule has 1 heteroatoms. The van der Waals surface area contributed by atoms with Gasteiger partial charge in [-0.2, -0.15) is 0 Å². The van der Waals surface area contributed by atoms with Crippen molar-refractivity contribution in [1.82, 2.24) is 0 Å². The van der Waals surface area contributed by atoms with Gasteiger partial charge in [0.25, 0.3) is 0 Å². The maximum Gasteiger partial charge on any atom is 0.0540 e. The Kier molecular flexibility index (Phi) is 7.92. The lowest BCUT2D eigenvalue weighted by Crippen LogP contribution is -2.10. The molecule has 6 aromatic carbocycles. The lowest BCUT2D eigenvalue weighted by molar-refractivity contribution is 1.29. The van der Waals surface area contributed by atoms with Crippen molar-refractivity contribution in [2.75, 3.05) is 4.90 Å². The van der Waals surface area contributed by atoms with E-state index >= 15 is 0 Å². The summed E-state index contributed by atoms with van der Waals surface area (Å²) < 4.78 is 0. The highest BCUT2D eigenvalue weighted by Gasteiger charge is 2.16. The van der Waals surface area contributed by atoms with E-state index in [2.05, 4.69) is 169 Å². The third-order valence-electron chi connectivity index (χ3n) is 7.54. The molecule has 6 rings (SSSR count). The first-order chi connectivity index (χ1) is 20.7. The van der Waals surface area contributed by atoms with Crippen LogP contribution in [-0.4, -0.2) is 0 Å². The number of nitrogens with zero attached hydrogens (tertiary/aromatic N) is 1. The maximum atomic E-state index is 3.89. The van der Waals surface area contributed by atoms with Crippen molar-refractivity contribution < 1.29 is 0 Å².